The number of rotatable bonds is 7. The number of aromatic nitrogens is 4. The molecule has 8 heteroatoms. The second kappa shape index (κ2) is 9.30. The van der Waals surface area contributed by atoms with Crippen LogP contribution in [0.1, 0.15) is 28.5 Å². The number of hydrogen-bond acceptors (Lipinski definition) is 5. The van der Waals surface area contributed by atoms with E-state index in [0.717, 1.165) is 16.9 Å². The first-order valence-electron chi connectivity index (χ1n) is 10.3. The fraction of sp³-hybridized carbons (Fsp3) is 0.167. The summed E-state index contributed by atoms with van der Waals surface area (Å²) < 4.78 is 8.46. The minimum absolute atomic E-state index is 0.134. The van der Waals surface area contributed by atoms with Gasteiger partial charge in [0.15, 0.2) is 0 Å². The Morgan fingerprint density at radius 1 is 0.969 bits per heavy atom. The molecule has 0 unspecified atom stereocenters. The number of amides is 1. The van der Waals surface area contributed by atoms with Crippen LogP contribution < -0.4 is 5.32 Å². The molecular weight excluding hydrogens is 406 g/mol. The molecule has 0 saturated carbocycles. The van der Waals surface area contributed by atoms with Gasteiger partial charge in [0.2, 0.25) is 5.91 Å². The summed E-state index contributed by atoms with van der Waals surface area (Å²) >= 11 is 0. The number of anilines is 1. The van der Waals surface area contributed by atoms with E-state index in [-0.39, 0.29) is 12.3 Å². The highest BCUT2D eigenvalue weighted by molar-refractivity contribution is 5.92. The first kappa shape index (κ1) is 21.0. The molecule has 0 bridgehead atoms. The fourth-order valence-electron chi connectivity index (χ4n) is 3.33. The van der Waals surface area contributed by atoms with Gasteiger partial charge < -0.3 is 10.1 Å². The van der Waals surface area contributed by atoms with Crippen molar-refractivity contribution in [1.82, 2.24) is 19.6 Å². The number of esters is 1. The Hall–Kier alpha value is -4.20. The van der Waals surface area contributed by atoms with Gasteiger partial charge in [-0.3, -0.25) is 4.79 Å². The van der Waals surface area contributed by atoms with E-state index in [0.29, 0.717) is 23.6 Å². The maximum Gasteiger partial charge on any atom is 0.341 e. The quantitative estimate of drug-likeness (QED) is 0.452. The second-order valence-corrected chi connectivity index (χ2v) is 7.18. The van der Waals surface area contributed by atoms with Crippen molar-refractivity contribution in [1.29, 1.82) is 0 Å². The van der Waals surface area contributed by atoms with Gasteiger partial charge in [-0.15, -0.1) is 0 Å². The van der Waals surface area contributed by atoms with E-state index in [4.69, 9.17) is 4.74 Å². The van der Waals surface area contributed by atoms with Crippen LogP contribution in [0.4, 0.5) is 5.69 Å². The van der Waals surface area contributed by atoms with Crippen molar-refractivity contribution in [3.63, 3.8) is 0 Å². The van der Waals surface area contributed by atoms with E-state index in [1.807, 2.05) is 55.6 Å². The van der Waals surface area contributed by atoms with Crippen LogP contribution in [0.3, 0.4) is 0 Å². The molecule has 0 atom stereocenters. The van der Waals surface area contributed by atoms with E-state index >= 15 is 0 Å². The molecule has 162 valence electrons. The monoisotopic (exact) mass is 429 g/mol. The number of benzene rings is 2. The molecule has 0 fully saturated rings. The highest BCUT2D eigenvalue weighted by atomic mass is 16.5. The molecule has 0 radical (unpaired) electrons. The molecule has 0 aliphatic heterocycles. The first-order valence-corrected chi connectivity index (χ1v) is 10.3. The smallest absolute Gasteiger partial charge is 0.341 e. The maximum atomic E-state index is 12.5. The number of carbonyl (C=O) groups excluding carboxylic acids is 2. The average Bonchev–Trinajstić information content (AvgIpc) is 3.42. The van der Waals surface area contributed by atoms with E-state index in [1.54, 1.807) is 34.6 Å². The lowest BCUT2D eigenvalue weighted by molar-refractivity contribution is -0.115. The van der Waals surface area contributed by atoms with Crippen LogP contribution in [0.2, 0.25) is 0 Å². The van der Waals surface area contributed by atoms with Gasteiger partial charge in [0, 0.05) is 11.9 Å². The van der Waals surface area contributed by atoms with Crippen LogP contribution in [0.25, 0.3) is 11.4 Å². The van der Waals surface area contributed by atoms with Gasteiger partial charge in [0.25, 0.3) is 0 Å². The third kappa shape index (κ3) is 4.59. The van der Waals surface area contributed by atoms with Crippen molar-refractivity contribution in [2.45, 2.75) is 20.3 Å². The van der Waals surface area contributed by atoms with Gasteiger partial charge in [-0.05, 0) is 55.8 Å². The largest absolute Gasteiger partial charge is 0.462 e. The summed E-state index contributed by atoms with van der Waals surface area (Å²) in [4.78, 5) is 24.4. The highest BCUT2D eigenvalue weighted by Crippen LogP contribution is 2.18. The molecule has 0 aliphatic rings. The van der Waals surface area contributed by atoms with Crippen LogP contribution in [0.5, 0.6) is 0 Å². The fourth-order valence-corrected chi connectivity index (χ4v) is 3.33. The van der Waals surface area contributed by atoms with Crippen molar-refractivity contribution in [3.8, 4) is 11.4 Å². The van der Waals surface area contributed by atoms with E-state index < -0.39 is 5.97 Å². The Morgan fingerprint density at radius 2 is 1.72 bits per heavy atom. The van der Waals surface area contributed by atoms with Crippen molar-refractivity contribution in [3.05, 3.63) is 90.0 Å². The molecule has 0 spiro atoms. The molecule has 2 aromatic heterocycles. The Balaban J connectivity index is 1.39. The first-order chi connectivity index (χ1) is 15.5. The Morgan fingerprint density at radius 3 is 2.44 bits per heavy atom. The molecule has 2 aromatic carbocycles. The summed E-state index contributed by atoms with van der Waals surface area (Å²) in [6, 6.07) is 17.0. The SMILES string of the molecule is CCOC(=O)c1cnn(-c2ccc(NC(=O)Cc3cnn(-c4ccccc4)c3)cc2)c1C. The third-order valence-corrected chi connectivity index (χ3v) is 4.92. The zero-order chi connectivity index (χ0) is 22.5. The molecule has 32 heavy (non-hydrogen) atoms. The lowest BCUT2D eigenvalue weighted by Gasteiger charge is -2.08. The summed E-state index contributed by atoms with van der Waals surface area (Å²) in [5, 5.41) is 11.5. The molecule has 1 N–H and O–H groups in total. The number of ether oxygens (including phenoxy) is 1. The number of nitrogens with zero attached hydrogens (tertiary/aromatic N) is 4. The van der Waals surface area contributed by atoms with E-state index in [9.17, 15) is 9.59 Å². The predicted molar refractivity (Wildman–Crippen MR) is 120 cm³/mol. The summed E-state index contributed by atoms with van der Waals surface area (Å²) in [6.07, 6.45) is 5.26. The minimum atomic E-state index is -0.393. The lowest BCUT2D eigenvalue weighted by Crippen LogP contribution is -2.14. The molecule has 1 amide bonds. The zero-order valence-electron chi connectivity index (χ0n) is 17.9. The van der Waals surface area contributed by atoms with Crippen molar-refractivity contribution in [2.24, 2.45) is 0 Å². The van der Waals surface area contributed by atoms with E-state index in [1.165, 1.54) is 6.20 Å². The van der Waals surface area contributed by atoms with Crippen molar-refractivity contribution in [2.75, 3.05) is 11.9 Å². The zero-order valence-corrected chi connectivity index (χ0v) is 17.9. The predicted octanol–water partition coefficient (Wildman–Crippen LogP) is 3.72. The minimum Gasteiger partial charge on any atom is -0.462 e. The molecular formula is C24H23N5O3. The van der Waals surface area contributed by atoms with Gasteiger partial charge in [-0.1, -0.05) is 18.2 Å². The van der Waals surface area contributed by atoms with Crippen LogP contribution in [-0.4, -0.2) is 38.0 Å². The number of hydrogen-bond donors (Lipinski definition) is 1. The van der Waals surface area contributed by atoms with Gasteiger partial charge in [0.1, 0.15) is 5.56 Å². The standard InChI is InChI=1S/C24H23N5O3/c1-3-32-24(31)22-15-26-29(17(22)2)21-11-9-19(10-12-21)27-23(30)13-18-14-25-28(16-18)20-7-5-4-6-8-20/h4-12,14-16H,3,13H2,1-2H3,(H,27,30). The number of carbonyl (C=O) groups is 2. The molecule has 0 saturated heterocycles. The van der Waals surface area contributed by atoms with Gasteiger partial charge in [-0.25, -0.2) is 14.2 Å². The molecule has 4 aromatic rings. The highest BCUT2D eigenvalue weighted by Gasteiger charge is 2.16. The van der Waals surface area contributed by atoms with Crippen LogP contribution in [-0.2, 0) is 16.0 Å². The maximum absolute atomic E-state index is 12.5. The summed E-state index contributed by atoms with van der Waals surface area (Å²) in [7, 11) is 0. The summed E-state index contributed by atoms with van der Waals surface area (Å²) in [5.74, 6) is -0.527. The van der Waals surface area contributed by atoms with Gasteiger partial charge in [-0.2, -0.15) is 10.2 Å². The summed E-state index contributed by atoms with van der Waals surface area (Å²) in [5.41, 5.74) is 4.33. The van der Waals surface area contributed by atoms with Crippen LogP contribution >= 0.6 is 0 Å². The molecule has 0 aliphatic carbocycles. The number of para-hydroxylation sites is 1. The third-order valence-electron chi connectivity index (χ3n) is 4.92. The average molecular weight is 429 g/mol. The van der Waals surface area contributed by atoms with Crippen LogP contribution in [0.15, 0.2) is 73.2 Å². The Bertz CT molecular complexity index is 1230. The Kier molecular flexibility index (Phi) is 6.12. The number of nitrogens with one attached hydrogen (secondary N) is 1. The van der Waals surface area contributed by atoms with Crippen LogP contribution in [0, 0.1) is 6.92 Å². The topological polar surface area (TPSA) is 91.0 Å². The lowest BCUT2D eigenvalue weighted by atomic mass is 10.2. The second-order valence-electron chi connectivity index (χ2n) is 7.18. The normalized spacial score (nSPS) is 10.7. The molecule has 2 heterocycles. The van der Waals surface area contributed by atoms with Crippen molar-refractivity contribution >= 4 is 17.6 Å². The summed E-state index contributed by atoms with van der Waals surface area (Å²) in [6.45, 7) is 3.88. The van der Waals surface area contributed by atoms with E-state index in [2.05, 4.69) is 15.5 Å². The molecule has 4 rings (SSSR count). The molecule has 8 nitrogen and oxygen atoms in total. The van der Waals surface area contributed by atoms with Crippen molar-refractivity contribution < 1.29 is 14.3 Å². The van der Waals surface area contributed by atoms with Gasteiger partial charge in [0.05, 0.1) is 42.5 Å². The Labute approximate surface area is 185 Å². The van der Waals surface area contributed by atoms with Gasteiger partial charge >= 0.3 is 5.97 Å².